The molecule has 124 valence electrons. The fourth-order valence-corrected chi connectivity index (χ4v) is 3.45. The highest BCUT2D eigenvalue weighted by molar-refractivity contribution is 7.22. The van der Waals surface area contributed by atoms with Crippen LogP contribution in [0.5, 0.6) is 5.75 Å². The van der Waals surface area contributed by atoms with Crippen molar-refractivity contribution in [2.75, 3.05) is 17.7 Å². The zero-order chi connectivity index (χ0) is 17.1. The molecule has 7 heteroatoms. The van der Waals surface area contributed by atoms with Gasteiger partial charge in [-0.1, -0.05) is 42.0 Å². The maximum Gasteiger partial charge on any atom is 0.325 e. The molecule has 0 saturated heterocycles. The molecule has 2 aromatic carbocycles. The zero-order valence-electron chi connectivity index (χ0n) is 13.2. The molecule has 0 saturated carbocycles. The maximum absolute atomic E-state index is 12.2. The lowest BCUT2D eigenvalue weighted by molar-refractivity contribution is 0.262. The number of amides is 2. The molecule has 1 heterocycles. The highest BCUT2D eigenvalue weighted by Gasteiger charge is 2.12. The Morgan fingerprint density at radius 1 is 1.29 bits per heavy atom. The third kappa shape index (κ3) is 3.44. The first-order valence-electron chi connectivity index (χ1n) is 7.40. The number of nitrogens with zero attached hydrogens (tertiary/aromatic N) is 1. The molecule has 2 N–H and O–H groups in total. The van der Waals surface area contributed by atoms with E-state index in [1.54, 1.807) is 18.2 Å². The van der Waals surface area contributed by atoms with E-state index in [1.165, 1.54) is 18.4 Å². The molecule has 0 spiro atoms. The number of aromatic nitrogens is 1. The molecule has 3 rings (SSSR count). The first kappa shape index (κ1) is 16.5. The summed E-state index contributed by atoms with van der Waals surface area (Å²) in [5.74, 6) is 0.534. The molecule has 0 aliphatic heterocycles. The molecule has 0 bridgehead atoms. The molecule has 0 aliphatic carbocycles. The molecule has 0 aliphatic rings. The van der Waals surface area contributed by atoms with E-state index in [0.717, 1.165) is 22.2 Å². The minimum atomic E-state index is -0.396. The molecule has 0 unspecified atom stereocenters. The van der Waals surface area contributed by atoms with Gasteiger partial charge in [-0.2, -0.15) is 0 Å². The van der Waals surface area contributed by atoms with Crippen molar-refractivity contribution < 1.29 is 9.53 Å². The second-order valence-electron chi connectivity index (χ2n) is 5.06. The van der Waals surface area contributed by atoms with Crippen LogP contribution in [-0.2, 0) is 6.42 Å². The highest BCUT2D eigenvalue weighted by Crippen LogP contribution is 2.30. The van der Waals surface area contributed by atoms with Crippen molar-refractivity contribution in [1.29, 1.82) is 0 Å². The minimum Gasteiger partial charge on any atom is -0.495 e. The van der Waals surface area contributed by atoms with Gasteiger partial charge >= 0.3 is 6.03 Å². The van der Waals surface area contributed by atoms with E-state index in [1.807, 2.05) is 18.2 Å². The first-order chi connectivity index (χ1) is 11.6. The van der Waals surface area contributed by atoms with Crippen molar-refractivity contribution in [3.05, 3.63) is 47.0 Å². The lowest BCUT2D eigenvalue weighted by Crippen LogP contribution is -2.19. The van der Waals surface area contributed by atoms with Crippen LogP contribution in [0.2, 0.25) is 5.02 Å². The Labute approximate surface area is 148 Å². The summed E-state index contributed by atoms with van der Waals surface area (Å²) in [7, 11) is 1.53. The number of hydrogen-bond donors (Lipinski definition) is 2. The van der Waals surface area contributed by atoms with E-state index in [-0.39, 0.29) is 0 Å². The van der Waals surface area contributed by atoms with Gasteiger partial charge in [0.25, 0.3) is 0 Å². The monoisotopic (exact) mass is 361 g/mol. The number of benzene rings is 2. The topological polar surface area (TPSA) is 63.2 Å². The van der Waals surface area contributed by atoms with Crippen LogP contribution in [0.4, 0.5) is 15.6 Å². The highest BCUT2D eigenvalue weighted by atomic mass is 35.5. The number of thiazole rings is 1. The molecule has 2 amide bonds. The number of nitrogens with one attached hydrogen (secondary N) is 2. The fourth-order valence-electron chi connectivity index (χ4n) is 2.37. The number of rotatable bonds is 4. The van der Waals surface area contributed by atoms with E-state index in [0.29, 0.717) is 21.6 Å². The number of anilines is 2. The Bertz CT molecular complexity index is 895. The predicted octanol–water partition coefficient (Wildman–Crippen LogP) is 5.16. The average molecular weight is 362 g/mol. The summed E-state index contributed by atoms with van der Waals surface area (Å²) in [4.78, 5) is 16.8. The summed E-state index contributed by atoms with van der Waals surface area (Å²) >= 11 is 7.41. The molecule has 0 atom stereocenters. The van der Waals surface area contributed by atoms with Gasteiger partial charge < -0.3 is 10.1 Å². The van der Waals surface area contributed by atoms with Crippen molar-refractivity contribution in [2.45, 2.75) is 13.3 Å². The van der Waals surface area contributed by atoms with Gasteiger partial charge in [0.15, 0.2) is 5.13 Å². The number of para-hydroxylation sites is 1. The van der Waals surface area contributed by atoms with Gasteiger partial charge in [-0.25, -0.2) is 9.78 Å². The van der Waals surface area contributed by atoms with Crippen LogP contribution < -0.4 is 15.4 Å². The first-order valence-corrected chi connectivity index (χ1v) is 8.60. The predicted molar refractivity (Wildman–Crippen MR) is 99.6 cm³/mol. The third-order valence-corrected chi connectivity index (χ3v) is 4.68. The third-order valence-electron chi connectivity index (χ3n) is 3.51. The summed E-state index contributed by atoms with van der Waals surface area (Å²) in [5, 5.41) is 6.55. The van der Waals surface area contributed by atoms with Gasteiger partial charge in [0.2, 0.25) is 0 Å². The number of halogens is 1. The largest absolute Gasteiger partial charge is 0.495 e. The van der Waals surface area contributed by atoms with Gasteiger partial charge in [0, 0.05) is 5.02 Å². The maximum atomic E-state index is 12.2. The minimum absolute atomic E-state index is 0.396. The SMILES string of the molecule is CCc1cccc2sc(NC(=O)Nc3cc(Cl)ccc3OC)nc12. The lowest BCUT2D eigenvalue weighted by atomic mass is 10.1. The number of aryl methyl sites for hydroxylation is 1. The summed E-state index contributed by atoms with van der Waals surface area (Å²) in [6.07, 6.45) is 0.895. The molecular weight excluding hydrogens is 346 g/mol. The molecule has 5 nitrogen and oxygen atoms in total. The van der Waals surface area contributed by atoms with Gasteiger partial charge in [0.05, 0.1) is 23.0 Å². The van der Waals surface area contributed by atoms with Crippen LogP contribution in [0.3, 0.4) is 0 Å². The van der Waals surface area contributed by atoms with E-state index in [2.05, 4.69) is 22.5 Å². The standard InChI is InChI=1S/C17H16ClN3O2S/c1-3-10-5-4-6-14-15(10)20-17(24-14)21-16(22)19-12-9-11(18)7-8-13(12)23-2/h4-9H,3H2,1-2H3,(H2,19,20,21,22). The Balaban J connectivity index is 1.79. The Morgan fingerprint density at radius 2 is 2.12 bits per heavy atom. The van der Waals surface area contributed by atoms with E-state index >= 15 is 0 Å². The number of ether oxygens (including phenoxy) is 1. The summed E-state index contributed by atoms with van der Waals surface area (Å²) in [5.41, 5.74) is 2.59. The quantitative estimate of drug-likeness (QED) is 0.674. The van der Waals surface area contributed by atoms with E-state index in [4.69, 9.17) is 16.3 Å². The van der Waals surface area contributed by atoms with Crippen molar-refractivity contribution in [3.63, 3.8) is 0 Å². The van der Waals surface area contributed by atoms with Gasteiger partial charge in [-0.05, 0) is 36.2 Å². The Kier molecular flexibility index (Phi) is 4.87. The van der Waals surface area contributed by atoms with Gasteiger partial charge in [-0.3, -0.25) is 5.32 Å². The molecule has 3 aromatic rings. The lowest BCUT2D eigenvalue weighted by Gasteiger charge is -2.10. The molecule has 0 fully saturated rings. The van der Waals surface area contributed by atoms with Crippen LogP contribution in [0.1, 0.15) is 12.5 Å². The zero-order valence-corrected chi connectivity index (χ0v) is 14.8. The van der Waals surface area contributed by atoms with E-state index in [9.17, 15) is 4.79 Å². The van der Waals surface area contributed by atoms with E-state index < -0.39 is 6.03 Å². The molecule has 0 radical (unpaired) electrons. The summed E-state index contributed by atoms with van der Waals surface area (Å²) in [6, 6.07) is 10.7. The number of carbonyl (C=O) groups excluding carboxylic acids is 1. The molecular formula is C17H16ClN3O2S. The van der Waals surface area contributed by atoms with Crippen LogP contribution in [-0.4, -0.2) is 18.1 Å². The Hall–Kier alpha value is -2.31. The van der Waals surface area contributed by atoms with Crippen molar-refractivity contribution in [3.8, 4) is 5.75 Å². The van der Waals surface area contributed by atoms with Crippen LogP contribution in [0, 0.1) is 0 Å². The summed E-state index contributed by atoms with van der Waals surface area (Å²) < 4.78 is 6.26. The second kappa shape index (κ2) is 7.07. The molecule has 1 aromatic heterocycles. The van der Waals surface area contributed by atoms with Crippen molar-refractivity contribution in [1.82, 2.24) is 4.98 Å². The number of hydrogen-bond acceptors (Lipinski definition) is 4. The van der Waals surface area contributed by atoms with Crippen molar-refractivity contribution >= 4 is 50.0 Å². The van der Waals surface area contributed by atoms with Crippen LogP contribution in [0.25, 0.3) is 10.2 Å². The average Bonchev–Trinajstić information content (AvgIpc) is 2.97. The number of carbonyl (C=O) groups is 1. The van der Waals surface area contributed by atoms with Crippen LogP contribution in [0.15, 0.2) is 36.4 Å². The Morgan fingerprint density at radius 3 is 2.88 bits per heavy atom. The summed E-state index contributed by atoms with van der Waals surface area (Å²) in [6.45, 7) is 2.08. The number of methoxy groups -OCH3 is 1. The smallest absolute Gasteiger partial charge is 0.325 e. The van der Waals surface area contributed by atoms with Gasteiger partial charge in [-0.15, -0.1) is 0 Å². The fraction of sp³-hybridized carbons (Fsp3) is 0.176. The van der Waals surface area contributed by atoms with Gasteiger partial charge in [0.1, 0.15) is 5.75 Å². The van der Waals surface area contributed by atoms with Crippen molar-refractivity contribution in [2.24, 2.45) is 0 Å². The normalized spacial score (nSPS) is 10.6. The molecule has 24 heavy (non-hydrogen) atoms. The number of fused-ring (bicyclic) bond motifs is 1. The second-order valence-corrected chi connectivity index (χ2v) is 6.53. The van der Waals surface area contributed by atoms with Crippen LogP contribution >= 0.6 is 22.9 Å². The number of urea groups is 1.